The van der Waals surface area contributed by atoms with Crippen molar-refractivity contribution in [2.45, 2.75) is 12.3 Å². The number of halogens is 1. The standard InChI is InChI=1S/C16H19ClN2.C7H4N2O6/c1-19(2)12-10-15(16-5-3-4-11-18-16)13-6-8-14(17)9-7-13;10-7(11)4-1-5(8(12)13)3-6(2-4)9(14)15/h3-9,11,15H,10,12H2,1-2H3;1-3H,(H,10,11)/t15-;/m1./s1. The highest BCUT2D eigenvalue weighted by Gasteiger charge is 2.19. The van der Waals surface area contributed by atoms with E-state index in [1.54, 1.807) is 0 Å². The second kappa shape index (κ2) is 12.4. The Hall–Kier alpha value is -3.89. The van der Waals surface area contributed by atoms with E-state index in [-0.39, 0.29) is 0 Å². The number of aromatic nitrogens is 1. The number of benzene rings is 2. The molecule has 0 saturated carbocycles. The van der Waals surface area contributed by atoms with Gasteiger partial charge in [-0.2, -0.15) is 0 Å². The molecule has 34 heavy (non-hydrogen) atoms. The number of hydrogen-bond donors (Lipinski definition) is 1. The maximum absolute atomic E-state index is 10.5. The average Bonchev–Trinajstić information content (AvgIpc) is 2.81. The molecule has 0 bridgehead atoms. The second-order valence-electron chi connectivity index (χ2n) is 7.51. The van der Waals surface area contributed by atoms with Crippen LogP contribution in [0, 0.1) is 20.2 Å². The van der Waals surface area contributed by atoms with Crippen molar-refractivity contribution in [1.82, 2.24) is 9.88 Å². The van der Waals surface area contributed by atoms with Gasteiger partial charge in [0.15, 0.2) is 0 Å². The SMILES string of the molecule is CN(C)CC[C@H](c1ccc(Cl)cc1)c1ccccn1.O=C(O)c1cc([N+](=O)[O-])cc([N+](=O)[O-])c1. The van der Waals surface area contributed by atoms with Crippen molar-refractivity contribution in [3.8, 4) is 0 Å². The molecule has 0 amide bonds. The first-order valence-electron chi connectivity index (χ1n) is 10.1. The van der Waals surface area contributed by atoms with Gasteiger partial charge in [-0.3, -0.25) is 25.2 Å². The zero-order valence-corrected chi connectivity index (χ0v) is 19.3. The highest BCUT2D eigenvalue weighted by molar-refractivity contribution is 6.30. The summed E-state index contributed by atoms with van der Waals surface area (Å²) < 4.78 is 0. The lowest BCUT2D eigenvalue weighted by atomic mass is 9.92. The van der Waals surface area contributed by atoms with Crippen molar-refractivity contribution < 1.29 is 19.7 Å². The minimum absolute atomic E-state index is 0.320. The normalized spacial score (nSPS) is 11.3. The lowest BCUT2D eigenvalue weighted by Crippen LogP contribution is -2.17. The summed E-state index contributed by atoms with van der Waals surface area (Å²) in [4.78, 5) is 36.1. The fourth-order valence-corrected chi connectivity index (χ4v) is 3.21. The highest BCUT2D eigenvalue weighted by atomic mass is 35.5. The zero-order valence-electron chi connectivity index (χ0n) is 18.5. The molecule has 11 heteroatoms. The van der Waals surface area contributed by atoms with E-state index in [0.717, 1.165) is 35.8 Å². The monoisotopic (exact) mass is 486 g/mol. The maximum atomic E-state index is 10.5. The molecule has 1 atom stereocenters. The first-order valence-corrected chi connectivity index (χ1v) is 10.4. The van der Waals surface area contributed by atoms with Gasteiger partial charge in [0, 0.05) is 35.0 Å². The van der Waals surface area contributed by atoms with Gasteiger partial charge in [-0.25, -0.2) is 4.79 Å². The fraction of sp³-hybridized carbons (Fsp3) is 0.217. The van der Waals surface area contributed by atoms with E-state index in [1.165, 1.54) is 5.56 Å². The first-order chi connectivity index (χ1) is 16.1. The Bertz CT molecular complexity index is 1060. The van der Waals surface area contributed by atoms with E-state index < -0.39 is 32.8 Å². The molecule has 1 heterocycles. The summed E-state index contributed by atoms with van der Waals surface area (Å²) in [5.74, 6) is -1.14. The summed E-state index contributed by atoms with van der Waals surface area (Å²) in [5, 5.41) is 30.0. The van der Waals surface area contributed by atoms with Gasteiger partial charge in [-0.05, 0) is 56.9 Å². The van der Waals surface area contributed by atoms with E-state index in [9.17, 15) is 25.0 Å². The van der Waals surface area contributed by atoms with Crippen molar-refractivity contribution in [3.05, 3.63) is 109 Å². The predicted molar refractivity (Wildman–Crippen MR) is 127 cm³/mol. The van der Waals surface area contributed by atoms with Crippen LogP contribution in [-0.2, 0) is 0 Å². The van der Waals surface area contributed by atoms with E-state index in [0.29, 0.717) is 12.0 Å². The van der Waals surface area contributed by atoms with E-state index in [2.05, 4.69) is 42.2 Å². The molecule has 10 nitrogen and oxygen atoms in total. The number of carboxylic acids is 1. The molecular weight excluding hydrogens is 464 g/mol. The van der Waals surface area contributed by atoms with Crippen LogP contribution >= 0.6 is 11.6 Å². The minimum atomic E-state index is -1.46. The van der Waals surface area contributed by atoms with Crippen molar-refractivity contribution in [2.75, 3.05) is 20.6 Å². The summed E-state index contributed by atoms with van der Waals surface area (Å²) in [5.41, 5.74) is 0.649. The van der Waals surface area contributed by atoms with Crippen LogP contribution in [0.5, 0.6) is 0 Å². The zero-order chi connectivity index (χ0) is 25.3. The van der Waals surface area contributed by atoms with Gasteiger partial charge >= 0.3 is 5.97 Å². The van der Waals surface area contributed by atoms with Crippen molar-refractivity contribution in [1.29, 1.82) is 0 Å². The minimum Gasteiger partial charge on any atom is -0.478 e. The third-order valence-electron chi connectivity index (χ3n) is 4.75. The molecule has 3 rings (SSSR count). The van der Waals surface area contributed by atoms with Crippen LogP contribution < -0.4 is 0 Å². The molecule has 0 saturated heterocycles. The topological polar surface area (TPSA) is 140 Å². The molecule has 0 radical (unpaired) electrons. The third kappa shape index (κ3) is 7.91. The number of nitro groups is 2. The molecule has 3 aromatic rings. The molecule has 0 spiro atoms. The average molecular weight is 487 g/mol. The molecule has 0 aliphatic carbocycles. The van der Waals surface area contributed by atoms with Crippen molar-refractivity contribution in [3.63, 3.8) is 0 Å². The quantitative estimate of drug-likeness (QED) is 0.345. The molecule has 0 unspecified atom stereocenters. The summed E-state index contributed by atoms with van der Waals surface area (Å²) in [6, 6.07) is 16.4. The van der Waals surface area contributed by atoms with Gasteiger partial charge in [0.05, 0.1) is 21.5 Å². The van der Waals surface area contributed by atoms with Crippen LogP contribution in [0.3, 0.4) is 0 Å². The Morgan fingerprint density at radius 3 is 2.06 bits per heavy atom. The van der Waals surface area contributed by atoms with E-state index in [4.69, 9.17) is 16.7 Å². The number of carbonyl (C=O) groups is 1. The van der Waals surface area contributed by atoms with Crippen LogP contribution in [-0.4, -0.2) is 51.4 Å². The van der Waals surface area contributed by atoms with Crippen LogP contribution in [0.4, 0.5) is 11.4 Å². The summed E-state index contributed by atoms with van der Waals surface area (Å²) in [7, 11) is 4.19. The number of aromatic carboxylic acids is 1. The van der Waals surface area contributed by atoms with Crippen molar-refractivity contribution in [2.24, 2.45) is 0 Å². The molecule has 2 aromatic carbocycles. The molecular formula is C23H23ClN4O6. The van der Waals surface area contributed by atoms with Gasteiger partial charge < -0.3 is 10.0 Å². The van der Waals surface area contributed by atoms with Crippen LogP contribution in [0.15, 0.2) is 66.9 Å². The number of nitrogens with zero attached hydrogens (tertiary/aromatic N) is 4. The smallest absolute Gasteiger partial charge is 0.336 e. The molecule has 0 aliphatic rings. The molecule has 178 valence electrons. The third-order valence-corrected chi connectivity index (χ3v) is 5.01. The Labute approximate surface area is 200 Å². The summed E-state index contributed by atoms with van der Waals surface area (Å²) in [6.45, 7) is 1.03. The lowest BCUT2D eigenvalue weighted by molar-refractivity contribution is -0.394. The number of pyridine rings is 1. The van der Waals surface area contributed by atoms with Gasteiger partial charge in [0.25, 0.3) is 11.4 Å². The number of rotatable bonds is 8. The van der Waals surface area contributed by atoms with Gasteiger partial charge in [-0.1, -0.05) is 29.8 Å². The largest absolute Gasteiger partial charge is 0.478 e. The maximum Gasteiger partial charge on any atom is 0.336 e. The van der Waals surface area contributed by atoms with Crippen LogP contribution in [0.1, 0.15) is 34.0 Å². The van der Waals surface area contributed by atoms with Crippen LogP contribution in [0.2, 0.25) is 5.02 Å². The second-order valence-corrected chi connectivity index (χ2v) is 7.94. The summed E-state index contributed by atoms with van der Waals surface area (Å²) in [6.07, 6.45) is 2.90. The van der Waals surface area contributed by atoms with Crippen molar-refractivity contribution >= 4 is 28.9 Å². The molecule has 0 aliphatic heterocycles. The Morgan fingerprint density at radius 1 is 1.03 bits per heavy atom. The number of hydrogen-bond acceptors (Lipinski definition) is 7. The fourth-order valence-electron chi connectivity index (χ4n) is 3.08. The number of non-ortho nitro benzene ring substituents is 2. The Balaban J connectivity index is 0.000000248. The summed E-state index contributed by atoms with van der Waals surface area (Å²) >= 11 is 5.97. The van der Waals surface area contributed by atoms with Gasteiger partial charge in [0.1, 0.15) is 0 Å². The molecule has 0 fully saturated rings. The van der Waals surface area contributed by atoms with E-state index in [1.807, 2.05) is 30.5 Å². The highest BCUT2D eigenvalue weighted by Crippen LogP contribution is 2.27. The number of carboxylic acid groups (broad SMARTS) is 1. The van der Waals surface area contributed by atoms with Gasteiger partial charge in [0.2, 0.25) is 0 Å². The first kappa shape index (κ1) is 26.4. The Kier molecular flexibility index (Phi) is 9.60. The van der Waals surface area contributed by atoms with E-state index >= 15 is 0 Å². The molecule has 1 aromatic heterocycles. The van der Waals surface area contributed by atoms with Gasteiger partial charge in [-0.15, -0.1) is 0 Å². The predicted octanol–water partition coefficient (Wildman–Crippen LogP) is 5.02. The van der Waals surface area contributed by atoms with Crippen LogP contribution in [0.25, 0.3) is 0 Å². The molecule has 1 N–H and O–H groups in total. The number of nitro benzene ring substituents is 2. The lowest BCUT2D eigenvalue weighted by Gasteiger charge is -2.19. The Morgan fingerprint density at radius 2 is 1.62 bits per heavy atom.